The van der Waals surface area contributed by atoms with E-state index in [1.807, 2.05) is 158 Å². The number of nitrogens with zero attached hydrogens (tertiary/aromatic N) is 8. The average molecular weight is 879 g/mol. The summed E-state index contributed by atoms with van der Waals surface area (Å²) in [6.45, 7) is 1.95. The van der Waals surface area contributed by atoms with Gasteiger partial charge < -0.3 is 28.4 Å². The van der Waals surface area contributed by atoms with Gasteiger partial charge >= 0.3 is 0 Å². The summed E-state index contributed by atoms with van der Waals surface area (Å²) in [6, 6.07) is 54.6. The lowest BCUT2D eigenvalue weighted by molar-refractivity contribution is 0.253. The number of pyridine rings is 2. The first kappa shape index (κ1) is 42.4. The van der Waals surface area contributed by atoms with Crippen molar-refractivity contribution in [3.05, 3.63) is 204 Å². The lowest BCUT2D eigenvalue weighted by Crippen LogP contribution is -2.03. The molecule has 0 radical (unpaired) electrons. The standard InChI is InChI=1S/2C25H21N5O3/c1-3-7-23-18(5-1)9-10-20(26-23)16-32-22-13-11-21(12-14-22)31-15-19-6-2-4-8-24(19)33-17-25-27-29-30-28-25;1-2-9-22-19(7-1)12-13-20(26-22)16-33-24-11-4-3-10-23(24)32-15-18-6-5-8-21(14-18)31-17-25-27-29-30-28-25/h2*1-14H,15-17H2,(H,27,28,29,30). The van der Waals surface area contributed by atoms with Crippen molar-refractivity contribution in [3.63, 3.8) is 0 Å². The van der Waals surface area contributed by atoms with E-state index in [0.29, 0.717) is 61.1 Å². The van der Waals surface area contributed by atoms with E-state index in [1.54, 1.807) is 0 Å². The van der Waals surface area contributed by atoms with Crippen LogP contribution in [0.4, 0.5) is 0 Å². The molecule has 328 valence electrons. The Morgan fingerprint density at radius 3 is 1.48 bits per heavy atom. The molecular formula is C50H42N10O6. The van der Waals surface area contributed by atoms with Crippen LogP contribution < -0.4 is 28.4 Å². The fourth-order valence-electron chi connectivity index (χ4n) is 6.60. The van der Waals surface area contributed by atoms with Crippen LogP contribution in [0.5, 0.6) is 34.5 Å². The minimum Gasteiger partial charge on any atom is -0.489 e. The number of aromatic nitrogens is 10. The van der Waals surface area contributed by atoms with Crippen molar-refractivity contribution in [1.29, 1.82) is 0 Å². The molecule has 66 heavy (non-hydrogen) atoms. The molecule has 4 aromatic heterocycles. The van der Waals surface area contributed by atoms with E-state index in [-0.39, 0.29) is 13.2 Å². The summed E-state index contributed by atoms with van der Waals surface area (Å²) in [5.74, 6) is 5.20. The Kier molecular flexibility index (Phi) is 13.8. The van der Waals surface area contributed by atoms with E-state index in [2.05, 4.69) is 63.3 Å². The quantitative estimate of drug-likeness (QED) is 0.0830. The summed E-state index contributed by atoms with van der Waals surface area (Å²) < 4.78 is 35.4. The van der Waals surface area contributed by atoms with Gasteiger partial charge in [0.05, 0.1) is 22.4 Å². The molecule has 0 atom stereocenters. The summed E-state index contributed by atoms with van der Waals surface area (Å²) >= 11 is 0. The van der Waals surface area contributed by atoms with Gasteiger partial charge in [0, 0.05) is 16.3 Å². The first-order valence-corrected chi connectivity index (χ1v) is 20.9. The van der Waals surface area contributed by atoms with Gasteiger partial charge in [0.2, 0.25) is 11.6 Å². The number of ether oxygens (including phenoxy) is 6. The number of nitrogens with one attached hydrogen (secondary N) is 2. The van der Waals surface area contributed by atoms with Crippen LogP contribution in [0.25, 0.3) is 21.8 Å². The van der Waals surface area contributed by atoms with E-state index >= 15 is 0 Å². The number of tetrazole rings is 2. The molecular weight excluding hydrogens is 837 g/mol. The fraction of sp³-hybridized carbons (Fsp3) is 0.120. The van der Waals surface area contributed by atoms with E-state index < -0.39 is 0 Å². The van der Waals surface area contributed by atoms with Crippen LogP contribution in [0.3, 0.4) is 0 Å². The Balaban J connectivity index is 0.000000166. The molecule has 0 aliphatic carbocycles. The predicted octanol–water partition coefficient (Wildman–Crippen LogP) is 8.97. The highest BCUT2D eigenvalue weighted by Gasteiger charge is 2.10. The van der Waals surface area contributed by atoms with Crippen molar-refractivity contribution in [3.8, 4) is 34.5 Å². The number of rotatable bonds is 18. The summed E-state index contributed by atoms with van der Waals surface area (Å²) in [5.41, 5.74) is 5.53. The molecule has 10 rings (SSSR count). The third-order valence-corrected chi connectivity index (χ3v) is 9.91. The Morgan fingerprint density at radius 2 is 0.864 bits per heavy atom. The van der Waals surface area contributed by atoms with E-state index in [9.17, 15) is 0 Å². The number of H-pyrrole nitrogens is 2. The van der Waals surface area contributed by atoms with Crippen LogP contribution in [0, 0.1) is 0 Å². The monoisotopic (exact) mass is 878 g/mol. The molecule has 0 fully saturated rings. The van der Waals surface area contributed by atoms with Crippen LogP contribution in [-0.4, -0.2) is 51.2 Å². The predicted molar refractivity (Wildman–Crippen MR) is 244 cm³/mol. The minimum absolute atomic E-state index is 0.228. The Morgan fingerprint density at radius 1 is 0.364 bits per heavy atom. The van der Waals surface area contributed by atoms with Gasteiger partial charge in [-0.05, 0) is 84.4 Å². The molecule has 0 unspecified atom stereocenters. The third kappa shape index (κ3) is 11.8. The Labute approximate surface area is 378 Å². The third-order valence-electron chi connectivity index (χ3n) is 9.91. The summed E-state index contributed by atoms with van der Waals surface area (Å²) in [6.07, 6.45) is 0. The van der Waals surface area contributed by atoms with Crippen LogP contribution in [0.1, 0.15) is 34.2 Å². The van der Waals surface area contributed by atoms with Gasteiger partial charge in [-0.15, -0.1) is 20.4 Å². The van der Waals surface area contributed by atoms with Gasteiger partial charge in [0.15, 0.2) is 24.7 Å². The smallest absolute Gasteiger partial charge is 0.211 e. The molecule has 2 N–H and O–H groups in total. The number of hydrogen-bond acceptors (Lipinski definition) is 14. The van der Waals surface area contributed by atoms with Gasteiger partial charge in [-0.3, -0.25) is 0 Å². The maximum atomic E-state index is 6.05. The van der Waals surface area contributed by atoms with Crippen molar-refractivity contribution < 1.29 is 28.4 Å². The lowest BCUT2D eigenvalue weighted by Gasteiger charge is -2.13. The van der Waals surface area contributed by atoms with Gasteiger partial charge in [0.1, 0.15) is 49.4 Å². The second kappa shape index (κ2) is 21.4. The zero-order valence-corrected chi connectivity index (χ0v) is 35.4. The number of benzene rings is 6. The Hall–Kier alpha value is -8.92. The molecule has 16 heteroatoms. The lowest BCUT2D eigenvalue weighted by atomic mass is 10.2. The molecule has 0 saturated heterocycles. The van der Waals surface area contributed by atoms with E-state index in [0.717, 1.165) is 55.8 Å². The Bertz CT molecular complexity index is 3080. The number of aromatic amines is 2. The highest BCUT2D eigenvalue weighted by Crippen LogP contribution is 2.29. The molecule has 0 saturated carbocycles. The van der Waals surface area contributed by atoms with E-state index in [4.69, 9.17) is 28.4 Å². The van der Waals surface area contributed by atoms with Crippen molar-refractivity contribution in [2.24, 2.45) is 0 Å². The second-order valence-corrected chi connectivity index (χ2v) is 14.6. The average Bonchev–Trinajstić information content (AvgIpc) is 4.12. The van der Waals surface area contributed by atoms with Crippen molar-refractivity contribution in [2.75, 3.05) is 0 Å². The van der Waals surface area contributed by atoms with Crippen LogP contribution in [0.15, 0.2) is 170 Å². The number of fused-ring (bicyclic) bond motifs is 2. The first-order chi connectivity index (χ1) is 32.7. The topological polar surface area (TPSA) is 190 Å². The van der Waals surface area contributed by atoms with Crippen molar-refractivity contribution in [1.82, 2.24) is 51.2 Å². The molecule has 6 aromatic carbocycles. The molecule has 0 amide bonds. The van der Waals surface area contributed by atoms with Crippen molar-refractivity contribution in [2.45, 2.75) is 39.6 Å². The number of hydrogen-bond donors (Lipinski definition) is 2. The molecule has 16 nitrogen and oxygen atoms in total. The van der Waals surface area contributed by atoms with E-state index in [1.165, 1.54) is 0 Å². The molecule has 4 heterocycles. The maximum Gasteiger partial charge on any atom is 0.211 e. The molecule has 0 bridgehead atoms. The highest BCUT2D eigenvalue weighted by atomic mass is 16.5. The molecule has 0 aliphatic heterocycles. The highest BCUT2D eigenvalue weighted by molar-refractivity contribution is 5.79. The molecule has 0 spiro atoms. The maximum absolute atomic E-state index is 6.05. The largest absolute Gasteiger partial charge is 0.489 e. The van der Waals surface area contributed by atoms with Gasteiger partial charge in [0.25, 0.3) is 0 Å². The minimum atomic E-state index is 0.228. The van der Waals surface area contributed by atoms with Gasteiger partial charge in [-0.2, -0.15) is 10.4 Å². The van der Waals surface area contributed by atoms with Gasteiger partial charge in [-0.1, -0.05) is 101 Å². The normalized spacial score (nSPS) is 10.8. The van der Waals surface area contributed by atoms with Crippen molar-refractivity contribution >= 4 is 21.8 Å². The van der Waals surface area contributed by atoms with Crippen LogP contribution >= 0.6 is 0 Å². The zero-order valence-electron chi connectivity index (χ0n) is 35.4. The van der Waals surface area contributed by atoms with Crippen LogP contribution in [-0.2, 0) is 39.6 Å². The summed E-state index contributed by atoms with van der Waals surface area (Å²) in [5, 5.41) is 29.6. The zero-order chi connectivity index (χ0) is 44.6. The molecule has 0 aliphatic rings. The second-order valence-electron chi connectivity index (χ2n) is 14.6. The fourth-order valence-corrected chi connectivity index (χ4v) is 6.60. The number of para-hydroxylation sites is 5. The summed E-state index contributed by atoms with van der Waals surface area (Å²) in [7, 11) is 0. The first-order valence-electron chi connectivity index (χ1n) is 20.9. The van der Waals surface area contributed by atoms with Crippen LogP contribution in [0.2, 0.25) is 0 Å². The molecule has 10 aromatic rings. The van der Waals surface area contributed by atoms with Gasteiger partial charge in [-0.25, -0.2) is 9.97 Å². The SMILES string of the molecule is c1cc(COc2ccccc2OCc2ccc3ccccc3n2)cc(OCc2nn[nH]n2)c1.c1ccc(OCc2nn[nH]n2)c(COc2ccc(OCc3ccc4ccccc4n3)cc2)c1. The summed E-state index contributed by atoms with van der Waals surface area (Å²) in [4.78, 5) is 9.30.